The number of fused-ring (bicyclic) bond motifs is 3. The molecule has 3 aliphatic rings. The van der Waals surface area contributed by atoms with Gasteiger partial charge in [-0.25, -0.2) is 4.79 Å². The van der Waals surface area contributed by atoms with Crippen LogP contribution in [0.25, 0.3) is 0 Å². The van der Waals surface area contributed by atoms with Gasteiger partial charge in [0.2, 0.25) is 0 Å². The fourth-order valence-corrected chi connectivity index (χ4v) is 5.76. The highest BCUT2D eigenvalue weighted by atomic mass is 16.6. The van der Waals surface area contributed by atoms with Gasteiger partial charge in [0.1, 0.15) is 6.10 Å². The fraction of sp³-hybridized carbons (Fsp3) is 0.800. The van der Waals surface area contributed by atoms with Crippen LogP contribution in [-0.2, 0) is 14.3 Å². The first-order valence-corrected chi connectivity index (χ1v) is 9.82. The molecule has 1 amide bonds. The number of hydrogen-bond donors (Lipinski definition) is 1. The average Bonchev–Trinajstić information content (AvgIpc) is 3.19. The third-order valence-electron chi connectivity index (χ3n) is 6.78. The number of aliphatic hydroxyl groups excluding tert-OH is 1. The van der Waals surface area contributed by atoms with Crippen molar-refractivity contribution in [1.82, 2.24) is 4.90 Å². The summed E-state index contributed by atoms with van der Waals surface area (Å²) in [5, 5.41) is 9.18. The Hall–Kier alpha value is -1.56. The van der Waals surface area contributed by atoms with Crippen molar-refractivity contribution in [3.05, 3.63) is 12.7 Å². The second-order valence-electron chi connectivity index (χ2n) is 7.95. The number of carbonyl (C=O) groups is 2. The highest BCUT2D eigenvalue weighted by Crippen LogP contribution is 2.54. The Morgan fingerprint density at radius 1 is 1.42 bits per heavy atom. The van der Waals surface area contributed by atoms with Gasteiger partial charge in [0, 0.05) is 31.0 Å². The van der Waals surface area contributed by atoms with E-state index in [0.29, 0.717) is 6.54 Å². The predicted octanol–water partition coefficient (Wildman–Crippen LogP) is 2.61. The maximum absolute atomic E-state index is 12.4. The lowest BCUT2D eigenvalue weighted by Crippen LogP contribution is -2.55. The first-order chi connectivity index (χ1) is 12.5. The van der Waals surface area contributed by atoms with E-state index >= 15 is 0 Å². The van der Waals surface area contributed by atoms with Crippen molar-refractivity contribution in [2.45, 2.75) is 51.2 Å². The minimum absolute atomic E-state index is 0.0734. The number of aliphatic hydroxyl groups is 1. The molecule has 0 spiro atoms. The van der Waals surface area contributed by atoms with Crippen LogP contribution in [0.15, 0.2) is 12.7 Å². The number of unbranched alkanes of at least 4 members (excludes halogenated alkanes) is 1. The van der Waals surface area contributed by atoms with Gasteiger partial charge in [-0.05, 0) is 37.5 Å². The lowest BCUT2D eigenvalue weighted by molar-refractivity contribution is -0.148. The number of likely N-dealkylation sites (tertiary alicyclic amines) is 1. The molecule has 6 heteroatoms. The van der Waals surface area contributed by atoms with Crippen molar-refractivity contribution in [2.75, 3.05) is 20.3 Å². The Morgan fingerprint density at radius 3 is 2.85 bits per heavy atom. The standard InChI is InChI=1S/C20H31NO5/c1-4-7-14-13(8-5-6-11-22)17-15(9-10-21(17)20(24)25-3)16-12(2)19(23)26-18(14)16/h4,12-18,22H,1,5-11H2,2-3H3/t12-,13+,14+,15+,16+,17+,18-/m0/s1. The Labute approximate surface area is 155 Å². The molecule has 3 fully saturated rings. The van der Waals surface area contributed by atoms with Crippen LogP contribution in [0.4, 0.5) is 4.79 Å². The average molecular weight is 365 g/mol. The number of allylic oxidation sites excluding steroid dienone is 1. The zero-order valence-electron chi connectivity index (χ0n) is 15.8. The van der Waals surface area contributed by atoms with Gasteiger partial charge in [0.15, 0.2) is 0 Å². The predicted molar refractivity (Wildman–Crippen MR) is 96.3 cm³/mol. The summed E-state index contributed by atoms with van der Waals surface area (Å²) < 4.78 is 10.9. The molecule has 2 aliphatic heterocycles. The van der Waals surface area contributed by atoms with Crippen molar-refractivity contribution in [3.8, 4) is 0 Å². The molecule has 1 aliphatic carbocycles. The normalized spacial score (nSPS) is 38.5. The molecule has 0 aromatic rings. The van der Waals surface area contributed by atoms with E-state index in [2.05, 4.69) is 6.58 Å². The van der Waals surface area contributed by atoms with Gasteiger partial charge in [0.25, 0.3) is 0 Å². The first-order valence-electron chi connectivity index (χ1n) is 9.82. The summed E-state index contributed by atoms with van der Waals surface area (Å²) in [4.78, 5) is 26.6. The summed E-state index contributed by atoms with van der Waals surface area (Å²) >= 11 is 0. The highest BCUT2D eigenvalue weighted by Gasteiger charge is 2.61. The molecule has 146 valence electrons. The molecule has 0 radical (unpaired) electrons. The molecule has 26 heavy (non-hydrogen) atoms. The fourth-order valence-electron chi connectivity index (χ4n) is 5.76. The molecule has 1 N–H and O–H groups in total. The smallest absolute Gasteiger partial charge is 0.409 e. The number of ether oxygens (including phenoxy) is 2. The van der Waals surface area contributed by atoms with E-state index in [1.54, 1.807) is 0 Å². The minimum Gasteiger partial charge on any atom is -0.461 e. The third-order valence-corrected chi connectivity index (χ3v) is 6.78. The summed E-state index contributed by atoms with van der Waals surface area (Å²) in [6, 6.07) is 0.0734. The van der Waals surface area contributed by atoms with Crippen LogP contribution in [0.2, 0.25) is 0 Å². The molecule has 7 atom stereocenters. The van der Waals surface area contributed by atoms with Crippen LogP contribution in [0.3, 0.4) is 0 Å². The van der Waals surface area contributed by atoms with Gasteiger partial charge in [-0.2, -0.15) is 0 Å². The van der Waals surface area contributed by atoms with E-state index in [-0.39, 0.29) is 60.4 Å². The lowest BCUT2D eigenvalue weighted by atomic mass is 9.60. The van der Waals surface area contributed by atoms with Crippen molar-refractivity contribution < 1.29 is 24.2 Å². The summed E-state index contributed by atoms with van der Waals surface area (Å²) in [6.07, 6.45) is 5.73. The zero-order valence-corrected chi connectivity index (χ0v) is 15.8. The zero-order chi connectivity index (χ0) is 18.8. The second kappa shape index (κ2) is 7.99. The highest BCUT2D eigenvalue weighted by molar-refractivity contribution is 5.75. The van der Waals surface area contributed by atoms with Crippen LogP contribution in [0.1, 0.15) is 39.0 Å². The lowest BCUT2D eigenvalue weighted by Gasteiger charge is -2.48. The van der Waals surface area contributed by atoms with Crippen molar-refractivity contribution >= 4 is 12.1 Å². The Morgan fingerprint density at radius 2 is 2.19 bits per heavy atom. The largest absolute Gasteiger partial charge is 0.461 e. The Kier molecular flexibility index (Phi) is 5.90. The molecular formula is C20H31NO5. The van der Waals surface area contributed by atoms with Gasteiger partial charge in [-0.3, -0.25) is 4.79 Å². The van der Waals surface area contributed by atoms with Gasteiger partial charge in [0.05, 0.1) is 13.0 Å². The monoisotopic (exact) mass is 365 g/mol. The van der Waals surface area contributed by atoms with E-state index in [1.165, 1.54) is 7.11 Å². The maximum Gasteiger partial charge on any atom is 0.409 e. The summed E-state index contributed by atoms with van der Waals surface area (Å²) in [7, 11) is 1.42. The summed E-state index contributed by atoms with van der Waals surface area (Å²) in [5.41, 5.74) is 0. The SMILES string of the molecule is C=CC[C@@H]1[C@@H](CCCCO)[C@@H]2[C@H](CCN2C(=O)OC)[C@@H]2[C@H]1OC(=O)[C@H]2C. The second-order valence-corrected chi connectivity index (χ2v) is 7.95. The van der Waals surface area contributed by atoms with Crippen LogP contribution in [0.5, 0.6) is 0 Å². The molecule has 1 saturated carbocycles. The first kappa shape index (κ1) is 19.2. The van der Waals surface area contributed by atoms with Gasteiger partial charge in [-0.15, -0.1) is 6.58 Å². The number of nitrogens with zero attached hydrogens (tertiary/aromatic N) is 1. The topological polar surface area (TPSA) is 76.1 Å². The Bertz CT molecular complexity index is 550. The number of hydrogen-bond acceptors (Lipinski definition) is 5. The maximum atomic E-state index is 12.4. The molecular weight excluding hydrogens is 334 g/mol. The van der Waals surface area contributed by atoms with E-state index in [9.17, 15) is 14.7 Å². The quantitative estimate of drug-likeness (QED) is 0.445. The molecule has 0 aromatic heterocycles. The third kappa shape index (κ3) is 3.13. The molecule has 0 aromatic carbocycles. The van der Waals surface area contributed by atoms with E-state index in [1.807, 2.05) is 17.9 Å². The van der Waals surface area contributed by atoms with Gasteiger partial charge >= 0.3 is 12.1 Å². The minimum atomic E-state index is -0.279. The molecule has 6 nitrogen and oxygen atoms in total. The van der Waals surface area contributed by atoms with Gasteiger partial charge < -0.3 is 19.5 Å². The summed E-state index contributed by atoms with van der Waals surface area (Å²) in [6.45, 7) is 6.71. The summed E-state index contributed by atoms with van der Waals surface area (Å²) in [5.74, 6) is 0.570. The van der Waals surface area contributed by atoms with Crippen LogP contribution >= 0.6 is 0 Å². The molecule has 0 unspecified atom stereocenters. The number of amides is 1. The van der Waals surface area contributed by atoms with Gasteiger partial charge in [-0.1, -0.05) is 19.4 Å². The van der Waals surface area contributed by atoms with Crippen LogP contribution < -0.4 is 0 Å². The molecule has 3 rings (SSSR count). The van der Waals surface area contributed by atoms with Crippen LogP contribution in [-0.4, -0.2) is 54.5 Å². The van der Waals surface area contributed by atoms with Crippen molar-refractivity contribution in [1.29, 1.82) is 0 Å². The Balaban J connectivity index is 1.95. The number of methoxy groups -OCH3 is 1. The van der Waals surface area contributed by atoms with Crippen molar-refractivity contribution in [2.24, 2.45) is 29.6 Å². The van der Waals surface area contributed by atoms with E-state index in [0.717, 1.165) is 32.1 Å². The molecule has 2 heterocycles. The molecule has 0 bridgehead atoms. The number of rotatable bonds is 6. The van der Waals surface area contributed by atoms with E-state index in [4.69, 9.17) is 9.47 Å². The number of esters is 1. The van der Waals surface area contributed by atoms with E-state index < -0.39 is 0 Å². The van der Waals surface area contributed by atoms with Crippen molar-refractivity contribution in [3.63, 3.8) is 0 Å². The van der Waals surface area contributed by atoms with Crippen LogP contribution in [0, 0.1) is 29.6 Å². The molecule has 2 saturated heterocycles. The number of carbonyl (C=O) groups excluding carboxylic acids is 2.